The highest BCUT2D eigenvalue weighted by molar-refractivity contribution is 5.83. The van der Waals surface area contributed by atoms with E-state index in [0.29, 0.717) is 6.54 Å². The molecule has 0 bridgehead atoms. The molecule has 0 saturated carbocycles. The zero-order chi connectivity index (χ0) is 15.9. The Bertz CT molecular complexity index is 520. The van der Waals surface area contributed by atoms with Gasteiger partial charge in [0, 0.05) is 26.6 Å². The van der Waals surface area contributed by atoms with Crippen LogP contribution in [0.4, 0.5) is 0 Å². The molecule has 0 spiro atoms. The van der Waals surface area contributed by atoms with E-state index < -0.39 is 0 Å². The first kappa shape index (κ1) is 16.5. The van der Waals surface area contributed by atoms with E-state index in [0.717, 1.165) is 31.5 Å². The average Bonchev–Trinajstić information content (AvgIpc) is 2.75. The van der Waals surface area contributed by atoms with Crippen molar-refractivity contribution in [1.82, 2.24) is 9.80 Å². The highest BCUT2D eigenvalue weighted by Gasteiger charge is 2.20. The van der Waals surface area contributed by atoms with E-state index in [9.17, 15) is 9.59 Å². The summed E-state index contributed by atoms with van der Waals surface area (Å²) in [7, 11) is 0. The quantitative estimate of drug-likeness (QED) is 0.858. The second-order valence-electron chi connectivity index (χ2n) is 6.16. The number of amides is 2. The van der Waals surface area contributed by atoms with Crippen LogP contribution in [0.1, 0.15) is 43.7 Å². The van der Waals surface area contributed by atoms with E-state index in [4.69, 9.17) is 0 Å². The molecule has 22 heavy (non-hydrogen) atoms. The molecule has 1 aromatic carbocycles. The number of carbonyl (C=O) groups excluding carboxylic acids is 2. The lowest BCUT2D eigenvalue weighted by Crippen LogP contribution is -2.42. The fourth-order valence-electron chi connectivity index (χ4n) is 2.89. The zero-order valence-electron chi connectivity index (χ0n) is 13.7. The molecule has 1 saturated heterocycles. The number of carbonyl (C=O) groups is 2. The lowest BCUT2D eigenvalue weighted by molar-refractivity contribution is -0.139. The molecule has 2 rings (SSSR count). The second kappa shape index (κ2) is 7.97. The van der Waals surface area contributed by atoms with E-state index in [1.54, 1.807) is 4.90 Å². The third kappa shape index (κ3) is 4.86. The maximum Gasteiger partial charge on any atom is 0.242 e. The van der Waals surface area contributed by atoms with Crippen molar-refractivity contribution in [2.24, 2.45) is 0 Å². The first-order chi connectivity index (χ1) is 10.6. The van der Waals surface area contributed by atoms with Crippen LogP contribution in [0.3, 0.4) is 0 Å². The van der Waals surface area contributed by atoms with Crippen LogP contribution < -0.4 is 0 Å². The van der Waals surface area contributed by atoms with Crippen molar-refractivity contribution in [3.8, 4) is 0 Å². The summed E-state index contributed by atoms with van der Waals surface area (Å²) in [6.45, 7) is 5.90. The Morgan fingerprint density at radius 1 is 1.14 bits per heavy atom. The Morgan fingerprint density at radius 3 is 2.41 bits per heavy atom. The van der Waals surface area contributed by atoms with E-state index in [2.05, 4.69) is 6.07 Å². The van der Waals surface area contributed by atoms with Crippen LogP contribution >= 0.6 is 0 Å². The van der Waals surface area contributed by atoms with Gasteiger partial charge in [-0.25, -0.2) is 0 Å². The molecule has 1 heterocycles. The minimum absolute atomic E-state index is 0.0512. The Kier molecular flexibility index (Phi) is 5.99. The molecule has 1 aliphatic heterocycles. The van der Waals surface area contributed by atoms with Crippen molar-refractivity contribution in [3.63, 3.8) is 0 Å². The van der Waals surface area contributed by atoms with Crippen LogP contribution in [0.2, 0.25) is 0 Å². The van der Waals surface area contributed by atoms with Gasteiger partial charge in [0.15, 0.2) is 0 Å². The average molecular weight is 302 g/mol. The van der Waals surface area contributed by atoms with E-state index in [1.807, 2.05) is 30.0 Å². The number of benzene rings is 1. The molecule has 0 atom stereocenters. The summed E-state index contributed by atoms with van der Waals surface area (Å²) < 4.78 is 0. The predicted molar refractivity (Wildman–Crippen MR) is 87.3 cm³/mol. The van der Waals surface area contributed by atoms with Crippen LogP contribution in [0, 0.1) is 6.92 Å². The van der Waals surface area contributed by atoms with Gasteiger partial charge < -0.3 is 9.80 Å². The summed E-state index contributed by atoms with van der Waals surface area (Å²) in [5.41, 5.74) is 2.23. The Morgan fingerprint density at radius 2 is 1.82 bits per heavy atom. The van der Waals surface area contributed by atoms with Crippen LogP contribution in [0.15, 0.2) is 24.3 Å². The number of likely N-dealkylation sites (tertiary alicyclic amines) is 1. The van der Waals surface area contributed by atoms with Gasteiger partial charge in [0.2, 0.25) is 11.8 Å². The summed E-state index contributed by atoms with van der Waals surface area (Å²) in [6, 6.07) is 8.08. The first-order valence-corrected chi connectivity index (χ1v) is 8.15. The molecule has 1 fully saturated rings. The largest absolute Gasteiger partial charge is 0.341 e. The van der Waals surface area contributed by atoms with Gasteiger partial charge in [-0.3, -0.25) is 9.59 Å². The lowest BCUT2D eigenvalue weighted by Gasteiger charge is -2.26. The van der Waals surface area contributed by atoms with Crippen LogP contribution in [0.5, 0.6) is 0 Å². The van der Waals surface area contributed by atoms with E-state index >= 15 is 0 Å². The molecule has 1 aromatic rings. The van der Waals surface area contributed by atoms with Crippen LogP contribution in [0.25, 0.3) is 0 Å². The number of hydrogen-bond acceptors (Lipinski definition) is 2. The molecular formula is C18H26N2O2. The fourth-order valence-corrected chi connectivity index (χ4v) is 2.89. The summed E-state index contributed by atoms with van der Waals surface area (Å²) in [5.74, 6) is 0.0226. The molecule has 2 amide bonds. The maximum absolute atomic E-state index is 12.5. The topological polar surface area (TPSA) is 40.6 Å². The van der Waals surface area contributed by atoms with Crippen molar-refractivity contribution < 1.29 is 9.59 Å². The Hall–Kier alpha value is -1.84. The Labute approximate surface area is 133 Å². The molecule has 0 radical (unpaired) electrons. The summed E-state index contributed by atoms with van der Waals surface area (Å²) in [5, 5.41) is 0. The molecule has 0 aromatic heterocycles. The molecule has 120 valence electrons. The van der Waals surface area contributed by atoms with Crippen LogP contribution in [-0.2, 0) is 16.1 Å². The van der Waals surface area contributed by atoms with E-state index in [-0.39, 0.29) is 18.4 Å². The molecular weight excluding hydrogens is 276 g/mol. The summed E-state index contributed by atoms with van der Waals surface area (Å²) in [6.07, 6.45) is 4.54. The van der Waals surface area contributed by atoms with Gasteiger partial charge in [-0.15, -0.1) is 0 Å². The normalized spacial score (nSPS) is 15.3. The van der Waals surface area contributed by atoms with Gasteiger partial charge in [0.05, 0.1) is 0 Å². The highest BCUT2D eigenvalue weighted by Crippen LogP contribution is 2.12. The SMILES string of the molecule is CC(=O)N(CC(=O)N1CCCCCC1)Cc1cccc(C)c1. The van der Waals surface area contributed by atoms with Gasteiger partial charge >= 0.3 is 0 Å². The van der Waals surface area contributed by atoms with Gasteiger partial charge in [-0.05, 0) is 25.3 Å². The van der Waals surface area contributed by atoms with Crippen molar-refractivity contribution in [1.29, 1.82) is 0 Å². The lowest BCUT2D eigenvalue weighted by atomic mass is 10.1. The number of rotatable bonds is 4. The minimum Gasteiger partial charge on any atom is -0.341 e. The smallest absolute Gasteiger partial charge is 0.242 e. The van der Waals surface area contributed by atoms with Crippen LogP contribution in [-0.4, -0.2) is 41.2 Å². The first-order valence-electron chi connectivity index (χ1n) is 8.15. The molecule has 1 aliphatic rings. The summed E-state index contributed by atoms with van der Waals surface area (Å²) >= 11 is 0. The van der Waals surface area contributed by atoms with Crippen molar-refractivity contribution in [2.45, 2.75) is 46.1 Å². The van der Waals surface area contributed by atoms with Gasteiger partial charge in [-0.1, -0.05) is 42.7 Å². The van der Waals surface area contributed by atoms with Gasteiger partial charge in [0.25, 0.3) is 0 Å². The second-order valence-corrected chi connectivity index (χ2v) is 6.16. The van der Waals surface area contributed by atoms with Crippen molar-refractivity contribution >= 4 is 11.8 Å². The van der Waals surface area contributed by atoms with Gasteiger partial charge in [0.1, 0.15) is 6.54 Å². The number of aryl methyl sites for hydroxylation is 1. The number of nitrogens with zero attached hydrogens (tertiary/aromatic N) is 2. The molecule has 0 aliphatic carbocycles. The Balaban J connectivity index is 1.98. The summed E-state index contributed by atoms with van der Waals surface area (Å²) in [4.78, 5) is 27.9. The third-order valence-corrected chi connectivity index (χ3v) is 4.19. The standard InChI is InChI=1S/C18H26N2O2/c1-15-8-7-9-17(12-15)13-20(16(2)21)14-18(22)19-10-5-3-4-6-11-19/h7-9,12H,3-6,10-11,13-14H2,1-2H3. The molecule has 4 nitrogen and oxygen atoms in total. The molecule has 0 N–H and O–H groups in total. The minimum atomic E-state index is -0.0512. The zero-order valence-corrected chi connectivity index (χ0v) is 13.7. The molecule has 0 unspecified atom stereocenters. The van der Waals surface area contributed by atoms with Crippen molar-refractivity contribution in [3.05, 3.63) is 35.4 Å². The van der Waals surface area contributed by atoms with Gasteiger partial charge in [-0.2, -0.15) is 0 Å². The third-order valence-electron chi connectivity index (χ3n) is 4.19. The predicted octanol–water partition coefficient (Wildman–Crippen LogP) is 2.75. The van der Waals surface area contributed by atoms with E-state index in [1.165, 1.54) is 25.3 Å². The maximum atomic E-state index is 12.5. The van der Waals surface area contributed by atoms with Crippen molar-refractivity contribution in [2.75, 3.05) is 19.6 Å². The highest BCUT2D eigenvalue weighted by atomic mass is 16.2. The molecule has 4 heteroatoms. The number of hydrogen-bond donors (Lipinski definition) is 0. The monoisotopic (exact) mass is 302 g/mol. The fraction of sp³-hybridized carbons (Fsp3) is 0.556.